The van der Waals surface area contributed by atoms with E-state index in [2.05, 4.69) is 30.6 Å². The van der Waals surface area contributed by atoms with Gasteiger partial charge in [0.05, 0.1) is 22.8 Å². The number of hydrogen-bond acceptors (Lipinski definition) is 5. The molecule has 2 fully saturated rings. The lowest BCUT2D eigenvalue weighted by Gasteiger charge is -2.32. The van der Waals surface area contributed by atoms with E-state index in [0.29, 0.717) is 34.6 Å². The number of halogens is 1. The molecule has 1 saturated carbocycles. The summed E-state index contributed by atoms with van der Waals surface area (Å²) in [5.41, 5.74) is 1.63. The average Bonchev–Trinajstić information content (AvgIpc) is 3.39. The fourth-order valence-corrected chi connectivity index (χ4v) is 6.17. The maximum absolute atomic E-state index is 14.9. The number of hydrogen-bond donors (Lipinski definition) is 2. The van der Waals surface area contributed by atoms with Crippen molar-refractivity contribution >= 4 is 15.7 Å². The molecule has 0 radical (unpaired) electrons. The van der Waals surface area contributed by atoms with Crippen LogP contribution in [0, 0.1) is 34.9 Å². The Morgan fingerprint density at radius 3 is 2.41 bits per heavy atom. The van der Waals surface area contributed by atoms with Crippen LogP contribution in [0.15, 0.2) is 47.4 Å². The zero-order chi connectivity index (χ0) is 24.6. The molecule has 0 aromatic heterocycles. The standard InChI is InChI=1S/C26H30FN3O3S/c1-4-34(32,33)21-9-7-17(8-10-21)18-5-6-19(23(27)12-18)11-20(14-28)29-26(31)25-22-13-24(30-25)16(3)15(22)2/h5-10,12,15-16,20,22,24-25,30H,4,11,13H2,1-3H3,(H,29,31)/t15-,16+,20+,22+,24+,25+/m1/s1. The molecule has 6 nitrogen and oxygen atoms in total. The number of amides is 1. The second-order valence-corrected chi connectivity index (χ2v) is 11.8. The number of fused-ring (bicyclic) bond motifs is 2. The maximum Gasteiger partial charge on any atom is 0.238 e. The van der Waals surface area contributed by atoms with Gasteiger partial charge in [0.1, 0.15) is 11.9 Å². The number of carbonyl (C=O) groups is 1. The largest absolute Gasteiger partial charge is 0.339 e. The Hall–Kier alpha value is -2.76. The first-order chi connectivity index (χ1) is 16.1. The van der Waals surface area contributed by atoms with Crippen molar-refractivity contribution in [2.24, 2.45) is 17.8 Å². The Morgan fingerprint density at radius 1 is 1.18 bits per heavy atom. The van der Waals surface area contributed by atoms with Gasteiger partial charge in [-0.1, -0.05) is 45.0 Å². The van der Waals surface area contributed by atoms with E-state index in [0.717, 1.165) is 6.42 Å². The molecule has 1 aliphatic heterocycles. The van der Waals surface area contributed by atoms with Gasteiger partial charge in [0.15, 0.2) is 9.84 Å². The predicted molar refractivity (Wildman–Crippen MR) is 128 cm³/mol. The van der Waals surface area contributed by atoms with Gasteiger partial charge >= 0.3 is 0 Å². The Labute approximate surface area is 200 Å². The first kappa shape index (κ1) is 24.4. The molecule has 8 heteroatoms. The van der Waals surface area contributed by atoms with Crippen molar-refractivity contribution in [3.05, 3.63) is 53.8 Å². The van der Waals surface area contributed by atoms with Crippen molar-refractivity contribution in [1.82, 2.24) is 10.6 Å². The minimum absolute atomic E-state index is 0.0163. The third-order valence-electron chi connectivity index (χ3n) is 7.65. The summed E-state index contributed by atoms with van der Waals surface area (Å²) >= 11 is 0. The SMILES string of the molecule is CCS(=O)(=O)c1ccc(-c2ccc(C[C@@H](C#N)NC(=O)[C@H]3N[C@H]4C[C@H]3[C@H](C)[C@@H]4C)c(F)c2)cc1. The summed E-state index contributed by atoms with van der Waals surface area (Å²) in [6.45, 7) is 5.96. The van der Waals surface area contributed by atoms with Crippen LogP contribution in [0.25, 0.3) is 11.1 Å². The van der Waals surface area contributed by atoms with Gasteiger partial charge in [0, 0.05) is 12.5 Å². The molecule has 2 N–H and O–H groups in total. The van der Waals surface area contributed by atoms with E-state index in [-0.39, 0.29) is 34.9 Å². The lowest BCUT2D eigenvalue weighted by atomic mass is 9.84. The molecule has 34 heavy (non-hydrogen) atoms. The summed E-state index contributed by atoms with van der Waals surface area (Å²) < 4.78 is 38.9. The van der Waals surface area contributed by atoms with Crippen LogP contribution < -0.4 is 10.6 Å². The van der Waals surface area contributed by atoms with Gasteiger partial charge in [0.25, 0.3) is 0 Å². The topological polar surface area (TPSA) is 99.1 Å². The van der Waals surface area contributed by atoms with Crippen molar-refractivity contribution in [2.75, 3.05) is 5.75 Å². The molecule has 6 atom stereocenters. The highest BCUT2D eigenvalue weighted by Gasteiger charge is 2.51. The summed E-state index contributed by atoms with van der Waals surface area (Å²) in [6, 6.07) is 12.3. The smallest absolute Gasteiger partial charge is 0.238 e. The summed E-state index contributed by atoms with van der Waals surface area (Å²) in [4.78, 5) is 13.1. The Bertz CT molecular complexity index is 1220. The van der Waals surface area contributed by atoms with Crippen molar-refractivity contribution in [1.29, 1.82) is 5.26 Å². The highest BCUT2D eigenvalue weighted by Crippen LogP contribution is 2.44. The molecule has 1 amide bonds. The van der Waals surface area contributed by atoms with E-state index >= 15 is 0 Å². The minimum atomic E-state index is -3.30. The number of nitriles is 1. The second-order valence-electron chi connectivity index (χ2n) is 9.50. The normalized spacial score (nSPS) is 26.7. The lowest BCUT2D eigenvalue weighted by Crippen LogP contribution is -2.54. The second kappa shape index (κ2) is 9.47. The third-order valence-corrected chi connectivity index (χ3v) is 9.40. The molecule has 1 saturated heterocycles. The van der Waals surface area contributed by atoms with Crippen molar-refractivity contribution < 1.29 is 17.6 Å². The van der Waals surface area contributed by atoms with E-state index in [1.807, 2.05) is 0 Å². The van der Waals surface area contributed by atoms with Crippen molar-refractivity contribution in [3.8, 4) is 17.2 Å². The molecular weight excluding hydrogens is 453 g/mol. The van der Waals surface area contributed by atoms with Gasteiger partial charge in [-0.05, 0) is 59.1 Å². The van der Waals surface area contributed by atoms with Crippen LogP contribution in [-0.2, 0) is 21.1 Å². The highest BCUT2D eigenvalue weighted by molar-refractivity contribution is 7.91. The van der Waals surface area contributed by atoms with E-state index in [4.69, 9.17) is 0 Å². The molecule has 2 aromatic carbocycles. The highest BCUT2D eigenvalue weighted by atomic mass is 32.2. The zero-order valence-corrected chi connectivity index (χ0v) is 20.4. The van der Waals surface area contributed by atoms with E-state index in [9.17, 15) is 22.9 Å². The summed E-state index contributed by atoms with van der Waals surface area (Å²) in [5, 5.41) is 15.8. The molecule has 0 spiro atoms. The van der Waals surface area contributed by atoms with Crippen LogP contribution in [-0.4, -0.2) is 38.2 Å². The summed E-state index contributed by atoms with van der Waals surface area (Å²) in [5.74, 6) is 0.579. The van der Waals surface area contributed by atoms with Gasteiger partial charge in [-0.3, -0.25) is 4.79 Å². The number of sulfone groups is 1. The van der Waals surface area contributed by atoms with Crippen LogP contribution in [0.5, 0.6) is 0 Å². The molecule has 2 aliphatic rings. The Kier molecular flexibility index (Phi) is 6.79. The van der Waals surface area contributed by atoms with Gasteiger partial charge in [0.2, 0.25) is 5.91 Å². The molecule has 4 rings (SSSR count). The lowest BCUT2D eigenvalue weighted by molar-refractivity contribution is -0.125. The molecule has 2 aromatic rings. The van der Waals surface area contributed by atoms with Gasteiger partial charge in [-0.25, -0.2) is 12.8 Å². The molecule has 1 heterocycles. The Morgan fingerprint density at radius 2 is 1.85 bits per heavy atom. The van der Waals surface area contributed by atoms with Gasteiger partial charge in [-0.2, -0.15) is 5.26 Å². The molecule has 1 aliphatic carbocycles. The molecular formula is C26H30FN3O3S. The molecule has 2 bridgehead atoms. The number of piperidine rings is 1. The number of rotatable bonds is 7. The minimum Gasteiger partial charge on any atom is -0.339 e. The number of nitrogens with zero attached hydrogens (tertiary/aromatic N) is 1. The van der Waals surface area contributed by atoms with E-state index in [1.54, 1.807) is 31.2 Å². The zero-order valence-electron chi connectivity index (χ0n) is 19.6. The fraction of sp³-hybridized carbons (Fsp3) is 0.462. The monoisotopic (exact) mass is 483 g/mol. The van der Waals surface area contributed by atoms with Crippen molar-refractivity contribution in [2.45, 2.75) is 56.6 Å². The maximum atomic E-state index is 14.9. The first-order valence-electron chi connectivity index (χ1n) is 11.7. The van der Waals surface area contributed by atoms with Crippen LogP contribution in [0.4, 0.5) is 4.39 Å². The molecule has 180 valence electrons. The summed E-state index contributed by atoms with van der Waals surface area (Å²) in [6.07, 6.45) is 1.04. The number of carbonyl (C=O) groups excluding carboxylic acids is 1. The predicted octanol–water partition coefficient (Wildman–Crippen LogP) is 3.47. The Balaban J connectivity index is 1.43. The first-order valence-corrected chi connectivity index (χ1v) is 13.4. The van der Waals surface area contributed by atoms with Crippen LogP contribution in [0.2, 0.25) is 0 Å². The van der Waals surface area contributed by atoms with Crippen LogP contribution >= 0.6 is 0 Å². The quantitative estimate of drug-likeness (QED) is 0.628. The van der Waals surface area contributed by atoms with Gasteiger partial charge in [-0.15, -0.1) is 0 Å². The van der Waals surface area contributed by atoms with E-state index < -0.39 is 21.7 Å². The van der Waals surface area contributed by atoms with Crippen LogP contribution in [0.3, 0.4) is 0 Å². The fourth-order valence-electron chi connectivity index (χ4n) is 5.29. The average molecular weight is 484 g/mol. The van der Waals surface area contributed by atoms with Crippen molar-refractivity contribution in [3.63, 3.8) is 0 Å². The molecule has 0 unspecified atom stereocenters. The number of nitrogens with one attached hydrogen (secondary N) is 2. The van der Waals surface area contributed by atoms with E-state index in [1.165, 1.54) is 18.2 Å². The van der Waals surface area contributed by atoms with Gasteiger partial charge < -0.3 is 10.6 Å². The number of benzene rings is 2. The third kappa shape index (κ3) is 4.59. The van der Waals surface area contributed by atoms with Crippen LogP contribution in [0.1, 0.15) is 32.8 Å². The summed E-state index contributed by atoms with van der Waals surface area (Å²) in [7, 11) is -3.30.